The van der Waals surface area contributed by atoms with Crippen LogP contribution >= 0.6 is 0 Å². The number of rotatable bonds is 3. The van der Waals surface area contributed by atoms with Crippen LogP contribution in [0.25, 0.3) is 0 Å². The minimum atomic E-state index is -1.23. The van der Waals surface area contributed by atoms with Gasteiger partial charge in [0.2, 0.25) is 0 Å². The molecule has 0 aliphatic heterocycles. The first-order valence-corrected chi connectivity index (χ1v) is 2.57. The molecule has 4 nitrogen and oxygen atoms in total. The van der Waals surface area contributed by atoms with Crippen LogP contribution in [0.1, 0.15) is 6.92 Å². The van der Waals surface area contributed by atoms with Gasteiger partial charge in [-0.05, 0) is 13.0 Å². The van der Waals surface area contributed by atoms with Gasteiger partial charge in [-0.1, -0.05) is 6.58 Å². The molecule has 0 atom stereocenters. The number of aliphatic carboxylic acids is 1. The second-order valence-corrected chi connectivity index (χ2v) is 1.07. The van der Waals surface area contributed by atoms with Crippen molar-refractivity contribution in [2.24, 2.45) is 0 Å². The normalized spacial score (nSPS) is 6.50. The second kappa shape index (κ2) is 10.6. The van der Waals surface area contributed by atoms with Crippen molar-refractivity contribution in [2.45, 2.75) is 6.92 Å². The van der Waals surface area contributed by atoms with Gasteiger partial charge in [-0.25, -0.2) is 0 Å². The van der Waals surface area contributed by atoms with E-state index in [0.717, 1.165) is 6.08 Å². The zero-order chi connectivity index (χ0) is 8.41. The molecule has 0 amide bonds. The molecule has 4 heteroatoms. The van der Waals surface area contributed by atoms with Crippen LogP contribution in [-0.4, -0.2) is 19.0 Å². The Morgan fingerprint density at radius 2 is 2.20 bits per heavy atom. The molecule has 0 radical (unpaired) electrons. The summed E-state index contributed by atoms with van der Waals surface area (Å²) in [4.78, 5) is 18.3. The van der Waals surface area contributed by atoms with E-state index in [1.54, 1.807) is 6.92 Å². The van der Waals surface area contributed by atoms with Gasteiger partial charge in [0.1, 0.15) is 0 Å². The van der Waals surface area contributed by atoms with Crippen LogP contribution in [0.5, 0.6) is 0 Å². The average Bonchev–Trinajstić information content (AvgIpc) is 1.91. The molecule has 0 aliphatic rings. The zero-order valence-electron chi connectivity index (χ0n) is 5.70. The van der Waals surface area contributed by atoms with E-state index in [4.69, 9.17) is 9.90 Å². The van der Waals surface area contributed by atoms with Gasteiger partial charge in [-0.2, -0.15) is 0 Å². The SMILES string of the molecule is C=CC(=O)[O-].CCOC=O. The third-order valence-corrected chi connectivity index (χ3v) is 0.401. The Labute approximate surface area is 59.1 Å². The number of carbonyl (C=O) groups is 2. The number of ether oxygens (including phenoxy) is 1. The summed E-state index contributed by atoms with van der Waals surface area (Å²) in [7, 11) is 0. The Morgan fingerprint density at radius 3 is 2.20 bits per heavy atom. The summed E-state index contributed by atoms with van der Waals surface area (Å²) in [5.41, 5.74) is 0. The molecule has 0 spiro atoms. The third kappa shape index (κ3) is 30.0. The Morgan fingerprint density at radius 1 is 1.80 bits per heavy atom. The molecule has 0 aromatic rings. The molecule has 0 aromatic heterocycles. The summed E-state index contributed by atoms with van der Waals surface area (Å²) in [6, 6.07) is 0. The molecule has 0 saturated carbocycles. The van der Waals surface area contributed by atoms with Gasteiger partial charge in [0.25, 0.3) is 6.47 Å². The maximum absolute atomic E-state index is 9.18. The Balaban J connectivity index is 0. The molecule has 10 heavy (non-hydrogen) atoms. The molecule has 0 saturated heterocycles. The predicted octanol–water partition coefficient (Wildman–Crippen LogP) is -0.898. The van der Waals surface area contributed by atoms with E-state index >= 15 is 0 Å². The molecule has 0 fully saturated rings. The number of hydrogen-bond acceptors (Lipinski definition) is 4. The van der Waals surface area contributed by atoms with Crippen molar-refractivity contribution in [2.75, 3.05) is 6.61 Å². The lowest BCUT2D eigenvalue weighted by Crippen LogP contribution is -2.17. The van der Waals surface area contributed by atoms with Crippen LogP contribution in [0.4, 0.5) is 0 Å². The maximum atomic E-state index is 9.18. The number of hydrogen-bond donors (Lipinski definition) is 0. The van der Waals surface area contributed by atoms with Gasteiger partial charge in [0.05, 0.1) is 12.6 Å². The van der Waals surface area contributed by atoms with E-state index < -0.39 is 5.97 Å². The van der Waals surface area contributed by atoms with Gasteiger partial charge in [0.15, 0.2) is 0 Å². The van der Waals surface area contributed by atoms with E-state index in [-0.39, 0.29) is 0 Å². The van der Waals surface area contributed by atoms with E-state index in [1.165, 1.54) is 0 Å². The van der Waals surface area contributed by atoms with Crippen LogP contribution in [-0.2, 0) is 14.3 Å². The number of carboxylic acid groups (broad SMARTS) is 1. The summed E-state index contributed by atoms with van der Waals surface area (Å²) in [6.07, 6.45) is 0.722. The molecule has 0 aromatic carbocycles. The lowest BCUT2D eigenvalue weighted by molar-refractivity contribution is -0.297. The Kier molecular flexibility index (Phi) is 12.2. The van der Waals surface area contributed by atoms with Crippen molar-refractivity contribution >= 4 is 12.4 Å². The highest BCUT2D eigenvalue weighted by Crippen LogP contribution is 1.55. The van der Waals surface area contributed by atoms with E-state index in [1.807, 2.05) is 0 Å². The standard InChI is InChI=1S/C3H6O2.C3H4O2/c1-2-5-3-4;1-2-3(4)5/h3H,2H2,1H3;2H,1H2,(H,4,5)/p-1. The van der Waals surface area contributed by atoms with Crippen molar-refractivity contribution in [1.29, 1.82) is 0 Å². The topological polar surface area (TPSA) is 66.4 Å². The van der Waals surface area contributed by atoms with E-state index in [0.29, 0.717) is 13.1 Å². The maximum Gasteiger partial charge on any atom is 0.293 e. The summed E-state index contributed by atoms with van der Waals surface area (Å²) in [5.74, 6) is -1.23. The Bertz CT molecular complexity index is 108. The van der Waals surface area contributed by atoms with Crippen molar-refractivity contribution in [3.05, 3.63) is 12.7 Å². The Hall–Kier alpha value is -1.32. The zero-order valence-corrected chi connectivity index (χ0v) is 5.70. The van der Waals surface area contributed by atoms with Crippen LogP contribution in [0.15, 0.2) is 12.7 Å². The molecule has 0 N–H and O–H groups in total. The predicted molar refractivity (Wildman–Crippen MR) is 32.9 cm³/mol. The lowest BCUT2D eigenvalue weighted by atomic mass is 10.7. The van der Waals surface area contributed by atoms with Gasteiger partial charge in [-0.3, -0.25) is 4.79 Å². The number of carboxylic acids is 1. The monoisotopic (exact) mass is 145 g/mol. The van der Waals surface area contributed by atoms with E-state index in [2.05, 4.69) is 11.3 Å². The summed E-state index contributed by atoms with van der Waals surface area (Å²) in [5, 5.41) is 9.14. The average molecular weight is 145 g/mol. The van der Waals surface area contributed by atoms with Gasteiger partial charge >= 0.3 is 0 Å². The summed E-state index contributed by atoms with van der Waals surface area (Å²) < 4.78 is 4.15. The second-order valence-electron chi connectivity index (χ2n) is 1.07. The van der Waals surface area contributed by atoms with Crippen LogP contribution in [0.3, 0.4) is 0 Å². The highest BCUT2D eigenvalue weighted by Gasteiger charge is 1.60. The molecule has 0 heterocycles. The van der Waals surface area contributed by atoms with Crippen molar-refractivity contribution in [3.63, 3.8) is 0 Å². The molecule has 0 unspecified atom stereocenters. The van der Waals surface area contributed by atoms with Gasteiger partial charge in [0, 0.05) is 0 Å². The molecular weight excluding hydrogens is 136 g/mol. The van der Waals surface area contributed by atoms with Crippen LogP contribution in [0, 0.1) is 0 Å². The highest BCUT2D eigenvalue weighted by molar-refractivity contribution is 5.76. The summed E-state index contributed by atoms with van der Waals surface area (Å²) >= 11 is 0. The first-order valence-electron chi connectivity index (χ1n) is 2.57. The van der Waals surface area contributed by atoms with Crippen LogP contribution in [0.2, 0.25) is 0 Å². The fourth-order valence-electron chi connectivity index (χ4n) is 0.0680. The minimum Gasteiger partial charge on any atom is -0.545 e. The third-order valence-electron chi connectivity index (χ3n) is 0.401. The van der Waals surface area contributed by atoms with Gasteiger partial charge in [-0.15, -0.1) is 0 Å². The minimum absolute atomic E-state index is 0.431. The largest absolute Gasteiger partial charge is 0.545 e. The fourth-order valence-corrected chi connectivity index (χ4v) is 0.0680. The summed E-state index contributed by atoms with van der Waals surface area (Å²) in [6.45, 7) is 5.56. The van der Waals surface area contributed by atoms with Crippen molar-refractivity contribution < 1.29 is 19.4 Å². The fraction of sp³-hybridized carbons (Fsp3) is 0.333. The van der Waals surface area contributed by atoms with Crippen molar-refractivity contribution in [1.82, 2.24) is 0 Å². The van der Waals surface area contributed by atoms with Crippen LogP contribution < -0.4 is 5.11 Å². The first kappa shape index (κ1) is 11.5. The van der Waals surface area contributed by atoms with Gasteiger partial charge < -0.3 is 14.6 Å². The van der Waals surface area contributed by atoms with Crippen molar-refractivity contribution in [3.8, 4) is 0 Å². The van der Waals surface area contributed by atoms with E-state index in [9.17, 15) is 4.79 Å². The smallest absolute Gasteiger partial charge is 0.293 e. The lowest BCUT2D eigenvalue weighted by Gasteiger charge is -1.81. The molecule has 0 rings (SSSR count). The quantitative estimate of drug-likeness (QED) is 0.381. The molecule has 58 valence electrons. The highest BCUT2D eigenvalue weighted by atomic mass is 16.5. The number of carbonyl (C=O) groups excluding carboxylic acids is 2. The molecular formula is C6H9O4-. The molecule has 0 bridgehead atoms. The first-order chi connectivity index (χ1) is 4.68. The molecule has 0 aliphatic carbocycles.